The van der Waals surface area contributed by atoms with Crippen LogP contribution in [-0.4, -0.2) is 17.5 Å². The van der Waals surface area contributed by atoms with Gasteiger partial charge < -0.3 is 10.1 Å². The van der Waals surface area contributed by atoms with Gasteiger partial charge in [0.15, 0.2) is 0 Å². The highest BCUT2D eigenvalue weighted by atomic mass is 16.5. The van der Waals surface area contributed by atoms with Crippen LogP contribution in [0.4, 0.5) is 5.82 Å². The van der Waals surface area contributed by atoms with E-state index in [1.54, 1.807) is 6.20 Å². The summed E-state index contributed by atoms with van der Waals surface area (Å²) in [5.74, 6) is 0.919. The van der Waals surface area contributed by atoms with Gasteiger partial charge in [0.05, 0.1) is 6.61 Å². The van der Waals surface area contributed by atoms with Gasteiger partial charge in [-0.05, 0) is 17.5 Å². The summed E-state index contributed by atoms with van der Waals surface area (Å²) in [7, 11) is 0. The Hall–Kier alpha value is -1.42. The molecule has 0 bridgehead atoms. The molecule has 1 N–H and O–H groups in total. The van der Waals surface area contributed by atoms with Crippen LogP contribution in [0.1, 0.15) is 30.9 Å². The van der Waals surface area contributed by atoms with Crippen LogP contribution < -0.4 is 5.32 Å². The summed E-state index contributed by atoms with van der Waals surface area (Å²) in [6.07, 6.45) is 1.80. The Kier molecular flexibility index (Phi) is 2.68. The van der Waals surface area contributed by atoms with E-state index in [4.69, 9.17) is 4.74 Å². The number of aromatic nitrogens is 1. The number of carbonyl (C=O) groups excluding carboxylic acids is 1. The summed E-state index contributed by atoms with van der Waals surface area (Å²) in [6.45, 7) is 4.77. The van der Waals surface area contributed by atoms with Crippen molar-refractivity contribution in [3.8, 4) is 0 Å². The van der Waals surface area contributed by atoms with Crippen LogP contribution in [0.2, 0.25) is 0 Å². The highest BCUT2D eigenvalue weighted by molar-refractivity contribution is 5.91. The maximum atomic E-state index is 11.2. The first-order valence-electron chi connectivity index (χ1n) is 5.03. The van der Waals surface area contributed by atoms with Crippen molar-refractivity contribution in [1.29, 1.82) is 0 Å². The first-order valence-corrected chi connectivity index (χ1v) is 5.03. The Morgan fingerprint density at radius 1 is 1.47 bits per heavy atom. The number of pyridine rings is 1. The zero-order chi connectivity index (χ0) is 10.8. The van der Waals surface area contributed by atoms with Crippen molar-refractivity contribution >= 4 is 11.7 Å². The number of rotatable bonds is 1. The molecule has 0 atom stereocenters. The monoisotopic (exact) mass is 206 g/mol. The van der Waals surface area contributed by atoms with Crippen molar-refractivity contribution in [3.05, 3.63) is 23.4 Å². The van der Waals surface area contributed by atoms with Gasteiger partial charge in [-0.25, -0.2) is 4.98 Å². The Morgan fingerprint density at radius 3 is 3.00 bits per heavy atom. The molecule has 1 aliphatic rings. The van der Waals surface area contributed by atoms with Crippen LogP contribution in [-0.2, 0) is 16.1 Å². The number of nitrogens with zero attached hydrogens (tertiary/aromatic N) is 1. The van der Waals surface area contributed by atoms with Crippen molar-refractivity contribution < 1.29 is 9.53 Å². The van der Waals surface area contributed by atoms with Gasteiger partial charge in [0.25, 0.3) is 5.91 Å². The summed E-state index contributed by atoms with van der Waals surface area (Å²) in [6, 6.07) is 2.04. The quantitative estimate of drug-likeness (QED) is 0.760. The molecule has 15 heavy (non-hydrogen) atoms. The molecular formula is C11H14N2O2. The second-order valence-electron chi connectivity index (χ2n) is 3.97. The Balaban J connectivity index is 2.35. The maximum Gasteiger partial charge on any atom is 0.251 e. The molecule has 0 radical (unpaired) electrons. The van der Waals surface area contributed by atoms with Gasteiger partial charge in [-0.2, -0.15) is 0 Å². The number of ether oxygens (including phenoxy) is 1. The normalized spacial score (nSPS) is 15.8. The molecule has 1 amide bonds. The molecule has 0 spiro atoms. The molecular weight excluding hydrogens is 192 g/mol. The van der Waals surface area contributed by atoms with Crippen LogP contribution in [0.25, 0.3) is 0 Å². The number of nitrogens with one attached hydrogen (secondary N) is 1. The van der Waals surface area contributed by atoms with Crippen molar-refractivity contribution in [2.45, 2.75) is 26.4 Å². The summed E-state index contributed by atoms with van der Waals surface area (Å²) >= 11 is 0. The molecule has 0 saturated heterocycles. The standard InChI is InChI=1S/C11H14N2O2/c1-7(2)8-3-9-5-15-6-10(14)13-11(9)12-4-8/h3-4,7H,5-6H2,1-2H3,(H,12,13,14). The highest BCUT2D eigenvalue weighted by Gasteiger charge is 2.15. The third-order valence-corrected chi connectivity index (χ3v) is 2.40. The molecule has 0 unspecified atom stereocenters. The van der Waals surface area contributed by atoms with E-state index in [2.05, 4.69) is 24.1 Å². The first-order chi connectivity index (χ1) is 7.16. The van der Waals surface area contributed by atoms with Gasteiger partial charge in [-0.3, -0.25) is 4.79 Å². The molecule has 80 valence electrons. The fourth-order valence-electron chi connectivity index (χ4n) is 1.49. The molecule has 4 heteroatoms. The Labute approximate surface area is 88.7 Å². The number of anilines is 1. The molecule has 0 aliphatic carbocycles. The minimum atomic E-state index is -0.140. The topological polar surface area (TPSA) is 51.2 Å². The second kappa shape index (κ2) is 3.98. The predicted molar refractivity (Wildman–Crippen MR) is 56.6 cm³/mol. The van der Waals surface area contributed by atoms with Gasteiger partial charge in [-0.15, -0.1) is 0 Å². The highest BCUT2D eigenvalue weighted by Crippen LogP contribution is 2.21. The van der Waals surface area contributed by atoms with Crippen molar-refractivity contribution in [2.24, 2.45) is 0 Å². The van der Waals surface area contributed by atoms with Gasteiger partial charge >= 0.3 is 0 Å². The molecule has 1 aromatic rings. The van der Waals surface area contributed by atoms with Gasteiger partial charge in [0.2, 0.25) is 0 Å². The lowest BCUT2D eigenvalue weighted by atomic mass is 10.0. The van der Waals surface area contributed by atoms with Crippen molar-refractivity contribution in [1.82, 2.24) is 4.98 Å². The fourth-order valence-corrected chi connectivity index (χ4v) is 1.49. The summed E-state index contributed by atoms with van der Waals surface area (Å²) in [5.41, 5.74) is 2.11. The van der Waals surface area contributed by atoms with Gasteiger partial charge in [-0.1, -0.05) is 13.8 Å². The third kappa shape index (κ3) is 2.15. The van der Waals surface area contributed by atoms with Gasteiger partial charge in [0, 0.05) is 11.8 Å². The number of fused-ring (bicyclic) bond motifs is 1. The third-order valence-electron chi connectivity index (χ3n) is 2.40. The average molecular weight is 206 g/mol. The lowest BCUT2D eigenvalue weighted by Gasteiger charge is -2.09. The predicted octanol–water partition coefficient (Wildman–Crippen LogP) is 1.67. The molecule has 2 rings (SSSR count). The molecule has 0 saturated carbocycles. The minimum Gasteiger partial charge on any atom is -0.367 e. The van der Waals surface area contributed by atoms with Crippen LogP contribution in [0.3, 0.4) is 0 Å². The zero-order valence-electron chi connectivity index (χ0n) is 8.91. The molecule has 4 nitrogen and oxygen atoms in total. The zero-order valence-corrected chi connectivity index (χ0v) is 8.91. The van der Waals surface area contributed by atoms with E-state index in [9.17, 15) is 4.79 Å². The number of carbonyl (C=O) groups is 1. The molecule has 1 aliphatic heterocycles. The van der Waals surface area contributed by atoms with Crippen LogP contribution in [0.15, 0.2) is 12.3 Å². The van der Waals surface area contributed by atoms with Crippen molar-refractivity contribution in [2.75, 3.05) is 11.9 Å². The van der Waals surface area contributed by atoms with Gasteiger partial charge in [0.1, 0.15) is 12.4 Å². The number of hydrogen-bond acceptors (Lipinski definition) is 3. The van der Waals surface area contributed by atoms with E-state index < -0.39 is 0 Å². The van der Waals surface area contributed by atoms with E-state index in [0.717, 1.165) is 11.1 Å². The van der Waals surface area contributed by atoms with Crippen LogP contribution in [0, 0.1) is 0 Å². The summed E-state index contributed by atoms with van der Waals surface area (Å²) in [4.78, 5) is 15.4. The molecule has 2 heterocycles. The lowest BCUT2D eigenvalue weighted by Crippen LogP contribution is -2.15. The maximum absolute atomic E-state index is 11.2. The average Bonchev–Trinajstić information content (AvgIpc) is 2.37. The largest absolute Gasteiger partial charge is 0.367 e. The summed E-state index contributed by atoms with van der Waals surface area (Å²) in [5, 5.41) is 2.71. The Bertz CT molecular complexity index is 388. The molecule has 0 aromatic carbocycles. The van der Waals surface area contributed by atoms with Crippen LogP contribution >= 0.6 is 0 Å². The summed E-state index contributed by atoms with van der Waals surface area (Å²) < 4.78 is 5.22. The SMILES string of the molecule is CC(C)c1cnc2c(c1)COCC(=O)N2. The Morgan fingerprint density at radius 2 is 2.27 bits per heavy atom. The van der Waals surface area contributed by atoms with E-state index in [0.29, 0.717) is 18.3 Å². The lowest BCUT2D eigenvalue weighted by molar-refractivity contribution is -0.120. The van der Waals surface area contributed by atoms with Crippen LogP contribution in [0.5, 0.6) is 0 Å². The smallest absolute Gasteiger partial charge is 0.251 e. The van der Waals surface area contributed by atoms with E-state index in [-0.39, 0.29) is 12.5 Å². The fraction of sp³-hybridized carbons (Fsp3) is 0.455. The number of hydrogen-bond donors (Lipinski definition) is 1. The van der Waals surface area contributed by atoms with E-state index in [1.807, 2.05) is 6.07 Å². The van der Waals surface area contributed by atoms with E-state index >= 15 is 0 Å². The first kappa shape index (κ1) is 10.1. The molecule has 0 fully saturated rings. The van der Waals surface area contributed by atoms with E-state index in [1.165, 1.54) is 0 Å². The number of amides is 1. The second-order valence-corrected chi connectivity index (χ2v) is 3.97. The molecule has 1 aromatic heterocycles. The van der Waals surface area contributed by atoms with Crippen molar-refractivity contribution in [3.63, 3.8) is 0 Å². The minimum absolute atomic E-state index is 0.105.